The molecular weight excluding hydrogens is 673 g/mol. The van der Waals surface area contributed by atoms with Crippen molar-refractivity contribution in [3.05, 3.63) is 130 Å². The van der Waals surface area contributed by atoms with Crippen LogP contribution in [0, 0.1) is 19.8 Å². The highest BCUT2D eigenvalue weighted by atomic mass is 16.5. The molecule has 7 aromatic rings. The first-order valence-electron chi connectivity index (χ1n) is 20.3. The van der Waals surface area contributed by atoms with Gasteiger partial charge in [-0.3, -0.25) is 4.57 Å². The number of rotatable bonds is 11. The Morgan fingerprint density at radius 2 is 1.25 bits per heavy atom. The number of nitrogens with zero attached hydrogens (tertiary/aromatic N) is 4. The van der Waals surface area contributed by atoms with Crippen LogP contribution in [-0.2, 0) is 6.42 Å². The van der Waals surface area contributed by atoms with Crippen LogP contribution in [0.4, 0.5) is 0 Å². The van der Waals surface area contributed by atoms with Gasteiger partial charge in [0.25, 0.3) is 0 Å². The molecular formula is C50H58N4O. The normalized spacial score (nSPS) is 12.2. The van der Waals surface area contributed by atoms with Crippen LogP contribution < -0.4 is 4.74 Å². The number of hydrogen-bond acceptors (Lipinski definition) is 3. The Labute approximate surface area is 328 Å². The average molecular weight is 731 g/mol. The Morgan fingerprint density at radius 1 is 0.600 bits per heavy atom. The molecule has 0 unspecified atom stereocenters. The molecule has 3 heterocycles. The van der Waals surface area contributed by atoms with Crippen LogP contribution in [-0.4, -0.2) is 19.3 Å². The van der Waals surface area contributed by atoms with E-state index in [0.717, 1.165) is 51.8 Å². The van der Waals surface area contributed by atoms with Crippen molar-refractivity contribution >= 4 is 21.8 Å². The van der Waals surface area contributed by atoms with Gasteiger partial charge < -0.3 is 4.74 Å². The van der Waals surface area contributed by atoms with Crippen LogP contribution in [0.1, 0.15) is 132 Å². The third-order valence-corrected chi connectivity index (χ3v) is 11.1. The molecule has 5 nitrogen and oxygen atoms in total. The van der Waals surface area contributed by atoms with Crippen molar-refractivity contribution in [3.63, 3.8) is 0 Å². The number of hydrogen-bond donors (Lipinski definition) is 0. The fourth-order valence-electron chi connectivity index (χ4n) is 8.20. The van der Waals surface area contributed by atoms with Crippen molar-refractivity contribution in [2.24, 2.45) is 5.92 Å². The number of aryl methyl sites for hydroxylation is 1. The van der Waals surface area contributed by atoms with E-state index in [1.165, 1.54) is 49.7 Å². The van der Waals surface area contributed by atoms with Crippen LogP contribution in [0.2, 0.25) is 0 Å². The Kier molecular flexibility index (Phi) is 10.5. The molecule has 0 aliphatic rings. The Hall–Kier alpha value is -5.16. The Morgan fingerprint density at radius 3 is 1.91 bits per heavy atom. The zero-order valence-electron chi connectivity index (χ0n) is 35.0. The minimum absolute atomic E-state index is 0.302. The lowest BCUT2D eigenvalue weighted by molar-refractivity contribution is 0.481. The molecule has 0 saturated heterocycles. The zero-order valence-corrected chi connectivity index (χ0v) is 35.0. The van der Waals surface area contributed by atoms with Gasteiger partial charge in [-0.1, -0.05) is 99.6 Å². The first kappa shape index (κ1) is 38.1. The van der Waals surface area contributed by atoms with Gasteiger partial charge in [0, 0.05) is 40.4 Å². The summed E-state index contributed by atoms with van der Waals surface area (Å²) in [4.78, 5) is 4.87. The molecule has 0 atom stereocenters. The molecule has 0 radical (unpaired) electrons. The fourth-order valence-corrected chi connectivity index (χ4v) is 8.20. The van der Waals surface area contributed by atoms with E-state index in [2.05, 4.69) is 177 Å². The maximum absolute atomic E-state index is 6.83. The monoisotopic (exact) mass is 730 g/mol. The van der Waals surface area contributed by atoms with Crippen molar-refractivity contribution in [1.29, 1.82) is 0 Å². The molecule has 284 valence electrons. The van der Waals surface area contributed by atoms with Crippen molar-refractivity contribution in [2.75, 3.05) is 0 Å². The van der Waals surface area contributed by atoms with Crippen molar-refractivity contribution < 1.29 is 4.74 Å². The highest BCUT2D eigenvalue weighted by Crippen LogP contribution is 2.43. The summed E-state index contributed by atoms with van der Waals surface area (Å²) in [5.74, 6) is 4.59. The van der Waals surface area contributed by atoms with E-state index in [1.807, 2.05) is 6.20 Å². The van der Waals surface area contributed by atoms with Crippen LogP contribution in [0.5, 0.6) is 11.5 Å². The largest absolute Gasteiger partial charge is 0.457 e. The summed E-state index contributed by atoms with van der Waals surface area (Å²) in [6, 6.07) is 30.8. The zero-order chi connectivity index (χ0) is 39.3. The lowest BCUT2D eigenvalue weighted by Crippen LogP contribution is -2.05. The van der Waals surface area contributed by atoms with Crippen molar-refractivity contribution in [1.82, 2.24) is 19.3 Å². The second-order valence-electron chi connectivity index (χ2n) is 17.2. The molecule has 0 bridgehead atoms. The van der Waals surface area contributed by atoms with E-state index in [4.69, 9.17) is 14.8 Å². The first-order valence-corrected chi connectivity index (χ1v) is 20.3. The van der Waals surface area contributed by atoms with Gasteiger partial charge in [0.2, 0.25) is 0 Å². The van der Waals surface area contributed by atoms with Crippen LogP contribution in [0.15, 0.2) is 91.1 Å². The van der Waals surface area contributed by atoms with Gasteiger partial charge in [0.1, 0.15) is 17.3 Å². The average Bonchev–Trinajstić information content (AvgIpc) is 3.62. The molecule has 55 heavy (non-hydrogen) atoms. The van der Waals surface area contributed by atoms with Gasteiger partial charge in [-0.25, -0.2) is 9.67 Å². The summed E-state index contributed by atoms with van der Waals surface area (Å²) in [6.45, 7) is 27.2. The van der Waals surface area contributed by atoms with E-state index >= 15 is 0 Å². The van der Waals surface area contributed by atoms with Crippen LogP contribution in [0.3, 0.4) is 0 Å². The SMILES string of the molecule is Cc1nn(-c2cc(Oc3ccc4c5ccccc5n(-c5cc(CC(C)C)ccn5)c4c3)cc(C(C)C)c2)c(C)c1-c1c(C(C)C)cc(C(C)C)cc1C(C)C. The summed E-state index contributed by atoms with van der Waals surface area (Å²) < 4.78 is 11.2. The van der Waals surface area contributed by atoms with Crippen LogP contribution in [0.25, 0.3) is 44.4 Å². The number of aromatic nitrogens is 4. The molecule has 4 aromatic carbocycles. The van der Waals surface area contributed by atoms with E-state index in [0.29, 0.717) is 29.6 Å². The van der Waals surface area contributed by atoms with Crippen molar-refractivity contribution in [3.8, 4) is 34.1 Å². The predicted octanol–water partition coefficient (Wildman–Crippen LogP) is 14.1. The number of para-hydroxylation sites is 1. The fraction of sp³-hybridized carbons (Fsp3) is 0.360. The topological polar surface area (TPSA) is 44.9 Å². The highest BCUT2D eigenvalue weighted by molar-refractivity contribution is 6.09. The van der Waals surface area contributed by atoms with Gasteiger partial charge in [0.15, 0.2) is 0 Å². The summed E-state index contributed by atoms with van der Waals surface area (Å²) in [7, 11) is 0. The minimum atomic E-state index is 0.302. The van der Waals surface area contributed by atoms with Gasteiger partial charge in [-0.2, -0.15) is 5.10 Å². The third kappa shape index (κ3) is 7.34. The number of benzene rings is 4. The first-order chi connectivity index (χ1) is 26.2. The highest BCUT2D eigenvalue weighted by Gasteiger charge is 2.25. The quantitative estimate of drug-likeness (QED) is 0.133. The lowest BCUT2D eigenvalue weighted by atomic mass is 9.81. The summed E-state index contributed by atoms with van der Waals surface area (Å²) >= 11 is 0. The maximum Gasteiger partial charge on any atom is 0.137 e. The van der Waals surface area contributed by atoms with Gasteiger partial charge >= 0.3 is 0 Å². The summed E-state index contributed by atoms with van der Waals surface area (Å²) in [6.07, 6.45) is 2.94. The molecule has 0 aliphatic heterocycles. The maximum atomic E-state index is 6.83. The predicted molar refractivity (Wildman–Crippen MR) is 232 cm³/mol. The Bertz CT molecular complexity index is 2480. The van der Waals surface area contributed by atoms with Gasteiger partial charge in [0.05, 0.1) is 22.4 Å². The van der Waals surface area contributed by atoms with Crippen LogP contribution >= 0.6 is 0 Å². The van der Waals surface area contributed by atoms with Gasteiger partial charge in [-0.15, -0.1) is 0 Å². The third-order valence-electron chi connectivity index (χ3n) is 11.1. The van der Waals surface area contributed by atoms with E-state index in [-0.39, 0.29) is 0 Å². The molecule has 5 heteroatoms. The molecule has 0 N–H and O–H groups in total. The summed E-state index contributed by atoms with van der Waals surface area (Å²) in [5, 5.41) is 7.62. The molecule has 0 saturated carbocycles. The summed E-state index contributed by atoms with van der Waals surface area (Å²) in [5.41, 5.74) is 14.7. The molecule has 0 amide bonds. The number of fused-ring (bicyclic) bond motifs is 3. The van der Waals surface area contributed by atoms with E-state index in [9.17, 15) is 0 Å². The smallest absolute Gasteiger partial charge is 0.137 e. The lowest BCUT2D eigenvalue weighted by Gasteiger charge is -2.23. The standard InChI is InChI=1S/C50H58N4O/c1-29(2)21-36-19-20-51-48(22-36)53-46-16-14-13-15-42(46)43-18-17-40(28-47(43)53)55-41-24-37(30(3)4)23-39(27-41)54-35(12)49(34(11)52-54)50-44(32(7)8)25-38(31(5)6)26-45(50)33(9)10/h13-20,22-33H,21H2,1-12H3. The minimum Gasteiger partial charge on any atom is -0.457 e. The number of pyridine rings is 1. The second kappa shape index (κ2) is 15.2. The van der Waals surface area contributed by atoms with Crippen molar-refractivity contribution in [2.45, 2.75) is 113 Å². The molecule has 0 spiro atoms. The Balaban J connectivity index is 1.34. The molecule has 0 fully saturated rings. The molecule has 7 rings (SSSR count). The number of ether oxygens (including phenoxy) is 1. The molecule has 3 aromatic heterocycles. The van der Waals surface area contributed by atoms with E-state index in [1.54, 1.807) is 0 Å². The van der Waals surface area contributed by atoms with Gasteiger partial charge in [-0.05, 0) is 126 Å². The molecule has 0 aliphatic carbocycles. The second-order valence-corrected chi connectivity index (χ2v) is 17.2. The van der Waals surface area contributed by atoms with E-state index < -0.39 is 0 Å².